The average Bonchev–Trinajstić information content (AvgIpc) is 2.75. The molecule has 3 atom stereocenters. The molecule has 17 heavy (non-hydrogen) atoms. The lowest BCUT2D eigenvalue weighted by Gasteiger charge is -2.18. The number of aryl methyl sites for hydroxylation is 1. The Hall–Kier alpha value is -0.940. The van der Waals surface area contributed by atoms with Crippen molar-refractivity contribution >= 4 is 0 Å². The molecule has 2 fully saturated rings. The molecule has 0 bridgehead atoms. The van der Waals surface area contributed by atoms with Gasteiger partial charge in [-0.05, 0) is 37.0 Å². The number of hydrogen-bond donors (Lipinski definition) is 2. The number of nitrogens with two attached hydrogens (primary N) is 1. The molecular formula is C12H21N5. The third-order valence-corrected chi connectivity index (χ3v) is 4.44. The van der Waals surface area contributed by atoms with Crippen LogP contribution in [-0.2, 0) is 6.54 Å². The van der Waals surface area contributed by atoms with Gasteiger partial charge in [0.25, 0.3) is 0 Å². The second-order valence-corrected chi connectivity index (χ2v) is 5.36. The minimum atomic E-state index is 0.242. The third kappa shape index (κ3) is 1.77. The third-order valence-electron chi connectivity index (χ3n) is 4.44. The van der Waals surface area contributed by atoms with Gasteiger partial charge in [0.15, 0.2) is 0 Å². The lowest BCUT2D eigenvalue weighted by atomic mass is 10.0. The van der Waals surface area contributed by atoms with Gasteiger partial charge in [-0.3, -0.25) is 11.3 Å². The molecule has 1 aromatic heterocycles. The second kappa shape index (κ2) is 4.38. The molecule has 0 spiro atoms. The normalized spacial score (nSPS) is 32.5. The highest BCUT2D eigenvalue weighted by Crippen LogP contribution is 2.61. The van der Waals surface area contributed by atoms with Crippen molar-refractivity contribution in [1.29, 1.82) is 0 Å². The summed E-state index contributed by atoms with van der Waals surface area (Å²) in [5, 5.41) is 8.18. The Balaban J connectivity index is 1.78. The van der Waals surface area contributed by atoms with Gasteiger partial charge in [0, 0.05) is 6.54 Å². The Morgan fingerprint density at radius 3 is 2.94 bits per heavy atom. The molecular weight excluding hydrogens is 214 g/mol. The number of nitrogens with one attached hydrogen (secondary N) is 1. The zero-order valence-corrected chi connectivity index (χ0v) is 10.3. The summed E-state index contributed by atoms with van der Waals surface area (Å²) in [4.78, 5) is 0. The average molecular weight is 235 g/mol. The van der Waals surface area contributed by atoms with E-state index in [2.05, 4.69) is 22.7 Å². The molecule has 5 nitrogen and oxygen atoms in total. The Labute approximate surface area is 102 Å². The zero-order chi connectivity index (χ0) is 11.8. The Morgan fingerprint density at radius 2 is 2.29 bits per heavy atom. The molecule has 2 aliphatic rings. The molecule has 0 amide bonds. The minimum Gasteiger partial charge on any atom is -0.271 e. The van der Waals surface area contributed by atoms with Gasteiger partial charge in [-0.25, -0.2) is 4.68 Å². The lowest BCUT2D eigenvalue weighted by molar-refractivity contribution is 0.393. The van der Waals surface area contributed by atoms with E-state index in [1.165, 1.54) is 19.3 Å². The first kappa shape index (κ1) is 11.2. The molecule has 0 saturated heterocycles. The standard InChI is InChI=1S/C12H21N5/c1-2-6-17-10(7-14-16-17)12(15-13)11-8-4-3-5-9(8)11/h7-9,11-12,15H,2-6,13H2,1H3. The number of fused-ring (bicyclic) bond motifs is 1. The fraction of sp³-hybridized carbons (Fsp3) is 0.833. The maximum absolute atomic E-state index is 5.75. The van der Waals surface area contributed by atoms with Crippen LogP contribution in [0.25, 0.3) is 0 Å². The molecule has 3 N–H and O–H groups in total. The molecule has 2 aliphatic carbocycles. The fourth-order valence-electron chi connectivity index (χ4n) is 3.66. The monoisotopic (exact) mass is 235 g/mol. The highest BCUT2D eigenvalue weighted by Gasteiger charge is 2.56. The lowest BCUT2D eigenvalue weighted by Crippen LogP contribution is -2.32. The highest BCUT2D eigenvalue weighted by molar-refractivity contribution is 5.14. The first-order valence-corrected chi connectivity index (χ1v) is 6.71. The van der Waals surface area contributed by atoms with E-state index in [9.17, 15) is 0 Å². The quantitative estimate of drug-likeness (QED) is 0.595. The van der Waals surface area contributed by atoms with Crippen molar-refractivity contribution < 1.29 is 0 Å². The summed E-state index contributed by atoms with van der Waals surface area (Å²) < 4.78 is 2.00. The van der Waals surface area contributed by atoms with E-state index in [4.69, 9.17) is 5.84 Å². The summed E-state index contributed by atoms with van der Waals surface area (Å²) >= 11 is 0. The van der Waals surface area contributed by atoms with Gasteiger partial charge in [-0.15, -0.1) is 5.10 Å². The second-order valence-electron chi connectivity index (χ2n) is 5.36. The van der Waals surface area contributed by atoms with Crippen molar-refractivity contribution in [3.8, 4) is 0 Å². The summed E-state index contributed by atoms with van der Waals surface area (Å²) in [7, 11) is 0. The Kier molecular flexibility index (Phi) is 2.88. The van der Waals surface area contributed by atoms with Gasteiger partial charge in [-0.1, -0.05) is 18.6 Å². The van der Waals surface area contributed by atoms with Gasteiger partial charge in [-0.2, -0.15) is 0 Å². The van der Waals surface area contributed by atoms with E-state index in [1.54, 1.807) is 0 Å². The van der Waals surface area contributed by atoms with Crippen LogP contribution in [0.15, 0.2) is 6.20 Å². The van der Waals surface area contributed by atoms with E-state index in [-0.39, 0.29) is 6.04 Å². The number of nitrogens with zero attached hydrogens (tertiary/aromatic N) is 3. The van der Waals surface area contributed by atoms with Crippen LogP contribution in [0.2, 0.25) is 0 Å². The van der Waals surface area contributed by atoms with Crippen LogP contribution in [-0.4, -0.2) is 15.0 Å². The number of hydrogen-bond acceptors (Lipinski definition) is 4. The smallest absolute Gasteiger partial charge is 0.0773 e. The number of aromatic nitrogens is 3. The summed E-state index contributed by atoms with van der Waals surface area (Å²) in [6.45, 7) is 3.08. The van der Waals surface area contributed by atoms with Crippen molar-refractivity contribution in [2.45, 2.75) is 45.2 Å². The summed E-state index contributed by atoms with van der Waals surface area (Å²) in [5.41, 5.74) is 4.15. The van der Waals surface area contributed by atoms with Crippen LogP contribution >= 0.6 is 0 Å². The fourth-order valence-corrected chi connectivity index (χ4v) is 3.66. The topological polar surface area (TPSA) is 68.8 Å². The zero-order valence-electron chi connectivity index (χ0n) is 10.3. The molecule has 3 rings (SSSR count). The van der Waals surface area contributed by atoms with Gasteiger partial charge < -0.3 is 0 Å². The van der Waals surface area contributed by atoms with Crippen molar-refractivity contribution in [2.24, 2.45) is 23.6 Å². The molecule has 0 aromatic carbocycles. The van der Waals surface area contributed by atoms with E-state index in [1.807, 2.05) is 10.9 Å². The van der Waals surface area contributed by atoms with Gasteiger partial charge in [0.2, 0.25) is 0 Å². The molecule has 94 valence electrons. The molecule has 2 saturated carbocycles. The summed E-state index contributed by atoms with van der Waals surface area (Å²) in [5.74, 6) is 8.24. The minimum absolute atomic E-state index is 0.242. The van der Waals surface area contributed by atoms with E-state index >= 15 is 0 Å². The van der Waals surface area contributed by atoms with Crippen LogP contribution in [0, 0.1) is 17.8 Å². The number of hydrazine groups is 1. The maximum Gasteiger partial charge on any atom is 0.0773 e. The Bertz CT molecular complexity index is 378. The first-order chi connectivity index (χ1) is 8.36. The van der Waals surface area contributed by atoms with Crippen molar-refractivity contribution in [3.05, 3.63) is 11.9 Å². The van der Waals surface area contributed by atoms with Crippen LogP contribution in [0.5, 0.6) is 0 Å². The van der Waals surface area contributed by atoms with Gasteiger partial charge >= 0.3 is 0 Å². The number of rotatable bonds is 5. The molecule has 1 heterocycles. The maximum atomic E-state index is 5.75. The predicted molar refractivity (Wildman–Crippen MR) is 64.7 cm³/mol. The first-order valence-electron chi connectivity index (χ1n) is 6.71. The summed E-state index contributed by atoms with van der Waals surface area (Å²) in [6.07, 6.45) is 7.10. The molecule has 0 radical (unpaired) electrons. The van der Waals surface area contributed by atoms with Crippen molar-refractivity contribution in [1.82, 2.24) is 20.4 Å². The van der Waals surface area contributed by atoms with E-state index in [0.717, 1.165) is 30.5 Å². The van der Waals surface area contributed by atoms with E-state index < -0.39 is 0 Å². The summed E-state index contributed by atoms with van der Waals surface area (Å²) in [6, 6.07) is 0.242. The van der Waals surface area contributed by atoms with Gasteiger partial charge in [0.1, 0.15) is 0 Å². The van der Waals surface area contributed by atoms with Crippen LogP contribution in [0.1, 0.15) is 44.3 Å². The highest BCUT2D eigenvalue weighted by atomic mass is 15.4. The van der Waals surface area contributed by atoms with Crippen LogP contribution in [0.4, 0.5) is 0 Å². The molecule has 5 heteroatoms. The van der Waals surface area contributed by atoms with Crippen molar-refractivity contribution in [3.63, 3.8) is 0 Å². The van der Waals surface area contributed by atoms with Crippen molar-refractivity contribution in [2.75, 3.05) is 0 Å². The predicted octanol–water partition coefficient (Wildman–Crippen LogP) is 1.24. The van der Waals surface area contributed by atoms with E-state index in [0.29, 0.717) is 5.92 Å². The molecule has 3 unspecified atom stereocenters. The van der Waals surface area contributed by atoms with Crippen LogP contribution < -0.4 is 11.3 Å². The molecule has 1 aromatic rings. The SMILES string of the molecule is CCCn1nncc1C(NN)C1C2CCCC21. The van der Waals surface area contributed by atoms with Gasteiger partial charge in [0.05, 0.1) is 17.9 Å². The largest absolute Gasteiger partial charge is 0.271 e. The molecule has 0 aliphatic heterocycles. The Morgan fingerprint density at radius 1 is 1.53 bits per heavy atom. The van der Waals surface area contributed by atoms with Crippen LogP contribution in [0.3, 0.4) is 0 Å².